The van der Waals surface area contributed by atoms with E-state index in [0.29, 0.717) is 25.3 Å². The molecular weight excluding hydrogens is 316 g/mol. The first-order valence-electron chi connectivity index (χ1n) is 8.62. The largest absolute Gasteiger partial charge is 0.394 e. The van der Waals surface area contributed by atoms with E-state index in [1.54, 1.807) is 6.07 Å². The number of anilines is 1. The van der Waals surface area contributed by atoms with E-state index < -0.39 is 0 Å². The van der Waals surface area contributed by atoms with Gasteiger partial charge in [-0.25, -0.2) is 0 Å². The molecule has 0 aromatic heterocycles. The Labute approximate surface area is 149 Å². The molecule has 134 valence electrons. The van der Waals surface area contributed by atoms with Crippen molar-refractivity contribution in [2.45, 2.75) is 19.9 Å². The predicted molar refractivity (Wildman–Crippen MR) is 99.8 cm³/mol. The van der Waals surface area contributed by atoms with Crippen LogP contribution in [0.3, 0.4) is 0 Å². The second-order valence-electron chi connectivity index (χ2n) is 5.66. The van der Waals surface area contributed by atoms with E-state index >= 15 is 0 Å². The molecule has 1 amide bonds. The molecule has 0 heterocycles. The lowest BCUT2D eigenvalue weighted by Crippen LogP contribution is -2.27. The van der Waals surface area contributed by atoms with Gasteiger partial charge in [0.2, 0.25) is 0 Å². The smallest absolute Gasteiger partial charge is 0.251 e. The van der Waals surface area contributed by atoms with E-state index in [1.807, 2.05) is 30.3 Å². The maximum atomic E-state index is 12.2. The highest BCUT2D eigenvalue weighted by Gasteiger charge is 2.06. The third kappa shape index (κ3) is 6.21. The quantitative estimate of drug-likeness (QED) is 0.581. The summed E-state index contributed by atoms with van der Waals surface area (Å²) in [5.41, 5.74) is 4.08. The first kappa shape index (κ1) is 19.0. The monoisotopic (exact) mass is 342 g/mol. The molecule has 0 atom stereocenters. The van der Waals surface area contributed by atoms with Crippen LogP contribution in [0.1, 0.15) is 28.4 Å². The number of aliphatic hydroxyl groups excluding tert-OH is 1. The molecule has 0 spiro atoms. The summed E-state index contributed by atoms with van der Waals surface area (Å²) < 4.78 is 5.13. The Bertz CT molecular complexity index is 673. The van der Waals surface area contributed by atoms with Crippen molar-refractivity contribution in [2.75, 3.05) is 31.7 Å². The number of ether oxygens (including phenoxy) is 1. The van der Waals surface area contributed by atoms with Crippen LogP contribution in [-0.2, 0) is 17.7 Å². The lowest BCUT2D eigenvalue weighted by atomic mass is 10.1. The molecule has 2 aromatic rings. The van der Waals surface area contributed by atoms with Crippen LogP contribution < -0.4 is 10.6 Å². The van der Waals surface area contributed by atoms with Gasteiger partial charge in [0.1, 0.15) is 0 Å². The van der Waals surface area contributed by atoms with E-state index in [0.717, 1.165) is 17.7 Å². The predicted octanol–water partition coefficient (Wildman–Crippen LogP) is 2.60. The van der Waals surface area contributed by atoms with Gasteiger partial charge in [0.05, 0.1) is 19.8 Å². The van der Waals surface area contributed by atoms with Gasteiger partial charge in [0.25, 0.3) is 5.91 Å². The van der Waals surface area contributed by atoms with Gasteiger partial charge < -0.3 is 20.5 Å². The van der Waals surface area contributed by atoms with Crippen LogP contribution in [-0.4, -0.2) is 37.4 Å². The molecule has 0 radical (unpaired) electrons. The highest BCUT2D eigenvalue weighted by atomic mass is 16.5. The Kier molecular flexibility index (Phi) is 7.95. The molecule has 0 saturated heterocycles. The van der Waals surface area contributed by atoms with Crippen molar-refractivity contribution in [1.82, 2.24) is 5.32 Å². The molecule has 2 aromatic carbocycles. The number of carbonyl (C=O) groups excluding carboxylic acids is 1. The Morgan fingerprint density at radius 3 is 2.76 bits per heavy atom. The summed E-state index contributed by atoms with van der Waals surface area (Å²) >= 11 is 0. The number of carbonyl (C=O) groups is 1. The number of hydrogen-bond donors (Lipinski definition) is 3. The van der Waals surface area contributed by atoms with Crippen molar-refractivity contribution in [2.24, 2.45) is 0 Å². The fraction of sp³-hybridized carbons (Fsp3) is 0.350. The summed E-state index contributed by atoms with van der Waals surface area (Å²) in [5.74, 6) is -0.122. The average molecular weight is 342 g/mol. The number of benzene rings is 2. The van der Waals surface area contributed by atoms with Crippen LogP contribution in [0.4, 0.5) is 5.69 Å². The molecule has 5 nitrogen and oxygen atoms in total. The molecule has 0 saturated carbocycles. The topological polar surface area (TPSA) is 70.6 Å². The minimum atomic E-state index is -0.122. The van der Waals surface area contributed by atoms with Gasteiger partial charge in [0.15, 0.2) is 0 Å². The second-order valence-corrected chi connectivity index (χ2v) is 5.66. The Hall–Kier alpha value is -2.37. The molecule has 3 N–H and O–H groups in total. The Morgan fingerprint density at radius 1 is 1.12 bits per heavy atom. The van der Waals surface area contributed by atoms with Crippen LogP contribution >= 0.6 is 0 Å². The van der Waals surface area contributed by atoms with Gasteiger partial charge in [-0.15, -0.1) is 0 Å². The molecule has 5 heteroatoms. The van der Waals surface area contributed by atoms with Gasteiger partial charge in [-0.1, -0.05) is 37.3 Å². The van der Waals surface area contributed by atoms with Gasteiger partial charge in [0, 0.05) is 24.3 Å². The fourth-order valence-electron chi connectivity index (χ4n) is 2.53. The minimum absolute atomic E-state index is 0.00977. The number of aliphatic hydroxyl groups is 1. The van der Waals surface area contributed by atoms with Crippen molar-refractivity contribution in [3.8, 4) is 0 Å². The standard InChI is InChI=1S/C20H26N2O3/c1-2-17-7-3-4-9-19(17)22-15-16-6-5-8-18(14-16)20(24)21-10-12-25-13-11-23/h3-9,14,22-23H,2,10-13,15H2,1H3,(H,21,24). The van der Waals surface area contributed by atoms with Crippen molar-refractivity contribution >= 4 is 11.6 Å². The van der Waals surface area contributed by atoms with Gasteiger partial charge in [-0.2, -0.15) is 0 Å². The molecule has 0 bridgehead atoms. The van der Waals surface area contributed by atoms with E-state index in [2.05, 4.69) is 29.7 Å². The number of hydrogen-bond acceptors (Lipinski definition) is 4. The first-order valence-corrected chi connectivity index (χ1v) is 8.62. The number of amides is 1. The molecule has 2 rings (SSSR count). The molecule has 25 heavy (non-hydrogen) atoms. The number of rotatable bonds is 10. The summed E-state index contributed by atoms with van der Waals surface area (Å²) in [6.07, 6.45) is 0.976. The maximum absolute atomic E-state index is 12.2. The summed E-state index contributed by atoms with van der Waals surface area (Å²) in [5, 5.41) is 14.9. The van der Waals surface area contributed by atoms with Crippen molar-refractivity contribution in [3.05, 3.63) is 65.2 Å². The summed E-state index contributed by atoms with van der Waals surface area (Å²) in [7, 11) is 0. The Balaban J connectivity index is 1.89. The molecule has 0 aliphatic rings. The molecule has 0 aliphatic carbocycles. The number of nitrogens with one attached hydrogen (secondary N) is 2. The Morgan fingerprint density at radius 2 is 1.96 bits per heavy atom. The SMILES string of the molecule is CCc1ccccc1NCc1cccc(C(=O)NCCOCCO)c1. The van der Waals surface area contributed by atoms with Crippen molar-refractivity contribution < 1.29 is 14.6 Å². The average Bonchev–Trinajstić information content (AvgIpc) is 2.66. The van der Waals surface area contributed by atoms with Crippen LogP contribution in [0.2, 0.25) is 0 Å². The van der Waals surface area contributed by atoms with Gasteiger partial charge >= 0.3 is 0 Å². The molecule has 0 fully saturated rings. The van der Waals surface area contributed by atoms with Crippen LogP contribution in [0.5, 0.6) is 0 Å². The maximum Gasteiger partial charge on any atom is 0.251 e. The second kappa shape index (κ2) is 10.5. The summed E-state index contributed by atoms with van der Waals surface area (Å²) in [4.78, 5) is 12.2. The van der Waals surface area contributed by atoms with Crippen molar-refractivity contribution in [3.63, 3.8) is 0 Å². The highest BCUT2D eigenvalue weighted by molar-refractivity contribution is 5.94. The summed E-state index contributed by atoms with van der Waals surface area (Å²) in [6, 6.07) is 15.8. The van der Waals surface area contributed by atoms with E-state index in [-0.39, 0.29) is 19.1 Å². The molecule has 0 aliphatic heterocycles. The zero-order chi connectivity index (χ0) is 17.9. The van der Waals surface area contributed by atoms with E-state index in [1.165, 1.54) is 5.56 Å². The third-order valence-electron chi connectivity index (χ3n) is 3.84. The zero-order valence-electron chi connectivity index (χ0n) is 14.6. The summed E-state index contributed by atoms with van der Waals surface area (Å²) in [6.45, 7) is 3.89. The fourth-order valence-corrected chi connectivity index (χ4v) is 2.53. The van der Waals surface area contributed by atoms with E-state index in [4.69, 9.17) is 9.84 Å². The lowest BCUT2D eigenvalue weighted by Gasteiger charge is -2.12. The number of para-hydroxylation sites is 1. The zero-order valence-corrected chi connectivity index (χ0v) is 14.6. The lowest BCUT2D eigenvalue weighted by molar-refractivity contribution is 0.0838. The number of aryl methyl sites for hydroxylation is 1. The molecule has 0 unspecified atom stereocenters. The normalized spacial score (nSPS) is 10.5. The van der Waals surface area contributed by atoms with Gasteiger partial charge in [-0.3, -0.25) is 4.79 Å². The van der Waals surface area contributed by atoms with Crippen LogP contribution in [0, 0.1) is 0 Å². The first-order chi connectivity index (χ1) is 12.2. The molecular formula is C20H26N2O3. The minimum Gasteiger partial charge on any atom is -0.394 e. The van der Waals surface area contributed by atoms with E-state index in [9.17, 15) is 4.79 Å². The van der Waals surface area contributed by atoms with Crippen molar-refractivity contribution in [1.29, 1.82) is 0 Å². The third-order valence-corrected chi connectivity index (χ3v) is 3.84. The van der Waals surface area contributed by atoms with Gasteiger partial charge in [-0.05, 0) is 35.7 Å². The highest BCUT2D eigenvalue weighted by Crippen LogP contribution is 2.17. The van der Waals surface area contributed by atoms with Crippen LogP contribution in [0.25, 0.3) is 0 Å². The van der Waals surface area contributed by atoms with Crippen LogP contribution in [0.15, 0.2) is 48.5 Å².